The number of rotatable bonds is 7. The van der Waals surface area contributed by atoms with Gasteiger partial charge in [0.1, 0.15) is 0 Å². The maximum Gasteiger partial charge on any atom is 0.193 e. The maximum absolute atomic E-state index is 12.2. The SMILES string of the molecule is O=C(c1ccccc1)c1ccc(COCCCO)cc1. The Kier molecular flexibility index (Phi) is 5.47. The number of carbonyl (C=O) groups excluding carboxylic acids is 1. The van der Waals surface area contributed by atoms with E-state index in [1.807, 2.05) is 54.6 Å². The van der Waals surface area contributed by atoms with Gasteiger partial charge in [-0.15, -0.1) is 0 Å². The second-order valence-electron chi connectivity index (χ2n) is 4.52. The molecule has 0 saturated carbocycles. The summed E-state index contributed by atoms with van der Waals surface area (Å²) in [5, 5.41) is 8.65. The highest BCUT2D eigenvalue weighted by molar-refractivity contribution is 6.08. The van der Waals surface area contributed by atoms with E-state index in [9.17, 15) is 4.79 Å². The Bertz CT molecular complexity index is 532. The Labute approximate surface area is 118 Å². The summed E-state index contributed by atoms with van der Waals surface area (Å²) in [5.41, 5.74) is 2.39. The summed E-state index contributed by atoms with van der Waals surface area (Å²) in [5.74, 6) is 0.0262. The normalized spacial score (nSPS) is 10.4. The molecule has 0 saturated heterocycles. The number of benzene rings is 2. The first-order valence-corrected chi connectivity index (χ1v) is 6.68. The van der Waals surface area contributed by atoms with Crippen molar-refractivity contribution in [1.82, 2.24) is 0 Å². The van der Waals surface area contributed by atoms with Crippen LogP contribution in [-0.4, -0.2) is 24.1 Å². The molecule has 0 amide bonds. The fourth-order valence-corrected chi connectivity index (χ4v) is 1.87. The largest absolute Gasteiger partial charge is 0.396 e. The van der Waals surface area contributed by atoms with E-state index in [0.717, 1.165) is 5.56 Å². The Morgan fingerprint density at radius 2 is 1.60 bits per heavy atom. The molecule has 0 unspecified atom stereocenters. The van der Waals surface area contributed by atoms with Crippen molar-refractivity contribution in [2.24, 2.45) is 0 Å². The van der Waals surface area contributed by atoms with Gasteiger partial charge in [0.15, 0.2) is 5.78 Å². The van der Waals surface area contributed by atoms with Gasteiger partial charge in [-0.2, -0.15) is 0 Å². The van der Waals surface area contributed by atoms with Gasteiger partial charge in [-0.05, 0) is 12.0 Å². The molecule has 0 spiro atoms. The quantitative estimate of drug-likeness (QED) is 0.621. The van der Waals surface area contributed by atoms with Crippen LogP contribution in [0.3, 0.4) is 0 Å². The van der Waals surface area contributed by atoms with E-state index in [1.54, 1.807) is 0 Å². The highest BCUT2D eigenvalue weighted by Gasteiger charge is 2.07. The third-order valence-electron chi connectivity index (χ3n) is 2.97. The fraction of sp³-hybridized carbons (Fsp3) is 0.235. The van der Waals surface area contributed by atoms with Crippen LogP contribution in [0.15, 0.2) is 54.6 Å². The molecule has 2 aromatic rings. The minimum absolute atomic E-state index is 0.0262. The summed E-state index contributed by atoms with van der Waals surface area (Å²) in [6.07, 6.45) is 0.643. The van der Waals surface area contributed by atoms with Gasteiger partial charge in [0.2, 0.25) is 0 Å². The van der Waals surface area contributed by atoms with E-state index in [-0.39, 0.29) is 12.4 Å². The van der Waals surface area contributed by atoms with Gasteiger partial charge >= 0.3 is 0 Å². The van der Waals surface area contributed by atoms with Gasteiger partial charge in [0, 0.05) is 24.3 Å². The standard InChI is InChI=1S/C17H18O3/c18-11-4-12-20-13-14-7-9-16(10-8-14)17(19)15-5-2-1-3-6-15/h1-3,5-10,18H,4,11-13H2. The Hall–Kier alpha value is -1.97. The Morgan fingerprint density at radius 3 is 2.25 bits per heavy atom. The average molecular weight is 270 g/mol. The van der Waals surface area contributed by atoms with E-state index in [0.29, 0.717) is 30.8 Å². The van der Waals surface area contributed by atoms with Crippen molar-refractivity contribution in [3.05, 3.63) is 71.3 Å². The van der Waals surface area contributed by atoms with Gasteiger partial charge in [-0.3, -0.25) is 4.79 Å². The van der Waals surface area contributed by atoms with E-state index < -0.39 is 0 Å². The zero-order valence-electron chi connectivity index (χ0n) is 11.3. The molecule has 0 aliphatic carbocycles. The summed E-state index contributed by atoms with van der Waals surface area (Å²) < 4.78 is 5.40. The molecule has 0 aliphatic rings. The smallest absolute Gasteiger partial charge is 0.193 e. The fourth-order valence-electron chi connectivity index (χ4n) is 1.87. The minimum Gasteiger partial charge on any atom is -0.396 e. The van der Waals surface area contributed by atoms with Crippen LogP contribution in [0.2, 0.25) is 0 Å². The predicted molar refractivity (Wildman–Crippen MR) is 77.7 cm³/mol. The first-order valence-electron chi connectivity index (χ1n) is 6.68. The minimum atomic E-state index is 0.0262. The summed E-state index contributed by atoms with van der Waals surface area (Å²) in [6, 6.07) is 16.7. The molecule has 0 fully saturated rings. The van der Waals surface area contributed by atoms with Gasteiger partial charge < -0.3 is 9.84 Å². The number of aliphatic hydroxyl groups excluding tert-OH is 1. The third kappa shape index (κ3) is 4.02. The summed E-state index contributed by atoms with van der Waals surface area (Å²) >= 11 is 0. The molecule has 0 bridgehead atoms. The highest BCUT2D eigenvalue weighted by atomic mass is 16.5. The Morgan fingerprint density at radius 1 is 0.950 bits per heavy atom. The monoisotopic (exact) mass is 270 g/mol. The lowest BCUT2D eigenvalue weighted by Crippen LogP contribution is -2.02. The molecule has 2 rings (SSSR count). The van der Waals surface area contributed by atoms with E-state index >= 15 is 0 Å². The molecule has 3 nitrogen and oxygen atoms in total. The molecule has 0 aliphatic heterocycles. The first-order chi connectivity index (χ1) is 9.81. The molecular weight excluding hydrogens is 252 g/mol. The lowest BCUT2D eigenvalue weighted by Gasteiger charge is -2.05. The van der Waals surface area contributed by atoms with Crippen molar-refractivity contribution in [1.29, 1.82) is 0 Å². The van der Waals surface area contributed by atoms with Crippen molar-refractivity contribution in [3.63, 3.8) is 0 Å². The van der Waals surface area contributed by atoms with Crippen LogP contribution >= 0.6 is 0 Å². The van der Waals surface area contributed by atoms with Crippen molar-refractivity contribution in [3.8, 4) is 0 Å². The highest BCUT2D eigenvalue weighted by Crippen LogP contribution is 2.11. The van der Waals surface area contributed by atoms with Crippen molar-refractivity contribution in [2.45, 2.75) is 13.0 Å². The molecule has 0 heterocycles. The lowest BCUT2D eigenvalue weighted by atomic mass is 10.0. The van der Waals surface area contributed by atoms with Gasteiger partial charge in [0.05, 0.1) is 6.61 Å². The molecular formula is C17H18O3. The maximum atomic E-state index is 12.2. The van der Waals surface area contributed by atoms with Gasteiger partial charge in [0.25, 0.3) is 0 Å². The first kappa shape index (κ1) is 14.4. The zero-order valence-corrected chi connectivity index (χ0v) is 11.3. The molecule has 0 atom stereocenters. The van der Waals surface area contributed by atoms with Crippen LogP contribution in [0.1, 0.15) is 27.9 Å². The van der Waals surface area contributed by atoms with E-state index in [4.69, 9.17) is 9.84 Å². The number of aliphatic hydroxyl groups is 1. The molecule has 0 radical (unpaired) electrons. The predicted octanol–water partition coefficient (Wildman–Crippen LogP) is 2.82. The van der Waals surface area contributed by atoms with E-state index in [2.05, 4.69) is 0 Å². The van der Waals surface area contributed by atoms with Gasteiger partial charge in [-0.1, -0.05) is 54.6 Å². The molecule has 3 heteroatoms. The summed E-state index contributed by atoms with van der Waals surface area (Å²) in [4.78, 5) is 12.2. The molecule has 2 aromatic carbocycles. The topological polar surface area (TPSA) is 46.5 Å². The Balaban J connectivity index is 1.96. The number of ketones is 1. The number of hydrogen-bond donors (Lipinski definition) is 1. The summed E-state index contributed by atoms with van der Waals surface area (Å²) in [7, 11) is 0. The third-order valence-corrected chi connectivity index (χ3v) is 2.97. The number of carbonyl (C=O) groups is 1. The zero-order chi connectivity index (χ0) is 14.2. The lowest BCUT2D eigenvalue weighted by molar-refractivity contribution is 0.103. The second-order valence-corrected chi connectivity index (χ2v) is 4.52. The van der Waals surface area contributed by atoms with Crippen LogP contribution < -0.4 is 0 Å². The average Bonchev–Trinajstić information content (AvgIpc) is 2.52. The number of hydrogen-bond acceptors (Lipinski definition) is 3. The van der Waals surface area contributed by atoms with Crippen LogP contribution in [0.4, 0.5) is 0 Å². The van der Waals surface area contributed by atoms with Crippen LogP contribution in [0.5, 0.6) is 0 Å². The van der Waals surface area contributed by atoms with Gasteiger partial charge in [-0.25, -0.2) is 0 Å². The molecule has 104 valence electrons. The van der Waals surface area contributed by atoms with Crippen LogP contribution in [0.25, 0.3) is 0 Å². The molecule has 20 heavy (non-hydrogen) atoms. The van der Waals surface area contributed by atoms with E-state index in [1.165, 1.54) is 0 Å². The van der Waals surface area contributed by atoms with Crippen molar-refractivity contribution >= 4 is 5.78 Å². The van der Waals surface area contributed by atoms with Crippen molar-refractivity contribution < 1.29 is 14.6 Å². The van der Waals surface area contributed by atoms with Crippen LogP contribution in [0, 0.1) is 0 Å². The van der Waals surface area contributed by atoms with Crippen LogP contribution in [-0.2, 0) is 11.3 Å². The molecule has 0 aromatic heterocycles. The summed E-state index contributed by atoms with van der Waals surface area (Å²) in [6.45, 7) is 1.19. The molecule has 1 N–H and O–H groups in total. The van der Waals surface area contributed by atoms with Crippen molar-refractivity contribution in [2.75, 3.05) is 13.2 Å². The number of ether oxygens (including phenoxy) is 1. The second kappa shape index (κ2) is 7.58.